The summed E-state index contributed by atoms with van der Waals surface area (Å²) in [6, 6.07) is 29.8. The highest BCUT2D eigenvalue weighted by Gasteiger charge is 2.07. The molecular formula is C24H21NO2S. The number of rotatable bonds is 6. The smallest absolute Gasteiger partial charge is 0.150 e. The molecule has 4 aromatic rings. The van der Waals surface area contributed by atoms with Crippen molar-refractivity contribution in [1.82, 2.24) is 0 Å². The third-order valence-electron chi connectivity index (χ3n) is 4.56. The molecule has 0 aromatic heterocycles. The standard InChI is InChI=1S/C24H21NO2S/c1-18-7-2-5-12-24(18)28(26)25-22-11-6-8-19(15-22)17-27-23-14-13-20-9-3-4-10-21(20)16-23/h2-16,25H,17H2,1H3. The molecule has 1 atom stereocenters. The number of benzene rings is 4. The molecule has 0 spiro atoms. The van der Waals surface area contributed by atoms with E-state index >= 15 is 0 Å². The number of fused-ring (bicyclic) bond motifs is 1. The van der Waals surface area contributed by atoms with Crippen molar-refractivity contribution in [2.45, 2.75) is 18.4 Å². The van der Waals surface area contributed by atoms with Gasteiger partial charge in [-0.05, 0) is 59.2 Å². The molecule has 0 amide bonds. The van der Waals surface area contributed by atoms with Crippen LogP contribution >= 0.6 is 0 Å². The molecule has 1 N–H and O–H groups in total. The zero-order valence-corrected chi connectivity index (χ0v) is 16.4. The Labute approximate surface area is 167 Å². The van der Waals surface area contributed by atoms with Crippen molar-refractivity contribution in [3.63, 3.8) is 0 Å². The number of hydrogen-bond donors (Lipinski definition) is 1. The minimum atomic E-state index is -1.30. The molecule has 4 aromatic carbocycles. The van der Waals surface area contributed by atoms with Gasteiger partial charge in [-0.1, -0.05) is 60.7 Å². The lowest BCUT2D eigenvalue weighted by atomic mass is 10.1. The molecule has 0 saturated heterocycles. The molecule has 28 heavy (non-hydrogen) atoms. The third kappa shape index (κ3) is 4.24. The van der Waals surface area contributed by atoms with Crippen LogP contribution in [0.15, 0.2) is 95.9 Å². The van der Waals surface area contributed by atoms with Crippen molar-refractivity contribution in [2.24, 2.45) is 0 Å². The first-order chi connectivity index (χ1) is 13.7. The second-order valence-electron chi connectivity index (χ2n) is 6.63. The van der Waals surface area contributed by atoms with Gasteiger partial charge in [0.2, 0.25) is 0 Å². The van der Waals surface area contributed by atoms with Gasteiger partial charge in [0.1, 0.15) is 12.4 Å². The molecular weight excluding hydrogens is 366 g/mol. The summed E-state index contributed by atoms with van der Waals surface area (Å²) in [5.74, 6) is 0.834. The van der Waals surface area contributed by atoms with E-state index in [0.29, 0.717) is 6.61 Å². The van der Waals surface area contributed by atoms with Crippen molar-refractivity contribution in [1.29, 1.82) is 0 Å². The van der Waals surface area contributed by atoms with Gasteiger partial charge in [0.05, 0.1) is 4.90 Å². The fraction of sp³-hybridized carbons (Fsp3) is 0.0833. The number of nitrogens with one attached hydrogen (secondary N) is 1. The summed E-state index contributed by atoms with van der Waals surface area (Å²) in [5, 5.41) is 2.35. The van der Waals surface area contributed by atoms with Crippen LogP contribution < -0.4 is 9.46 Å². The van der Waals surface area contributed by atoms with Crippen molar-refractivity contribution >= 4 is 27.4 Å². The Bertz CT molecular complexity index is 1140. The van der Waals surface area contributed by atoms with E-state index in [9.17, 15) is 4.21 Å². The molecule has 0 saturated carbocycles. The average Bonchev–Trinajstić information content (AvgIpc) is 2.72. The number of hydrogen-bond acceptors (Lipinski definition) is 2. The maximum Gasteiger partial charge on any atom is 0.150 e. The largest absolute Gasteiger partial charge is 0.489 e. The predicted molar refractivity (Wildman–Crippen MR) is 116 cm³/mol. The first kappa shape index (κ1) is 18.3. The highest BCUT2D eigenvalue weighted by atomic mass is 32.2. The van der Waals surface area contributed by atoms with Gasteiger partial charge in [-0.15, -0.1) is 0 Å². The van der Waals surface area contributed by atoms with Gasteiger partial charge in [0.15, 0.2) is 11.0 Å². The molecule has 0 aliphatic carbocycles. The third-order valence-corrected chi connectivity index (χ3v) is 5.84. The number of anilines is 1. The van der Waals surface area contributed by atoms with Gasteiger partial charge in [-0.25, -0.2) is 4.21 Å². The van der Waals surface area contributed by atoms with Crippen molar-refractivity contribution in [2.75, 3.05) is 4.72 Å². The van der Waals surface area contributed by atoms with E-state index in [2.05, 4.69) is 22.9 Å². The highest BCUT2D eigenvalue weighted by molar-refractivity contribution is 7.86. The Morgan fingerprint density at radius 3 is 2.46 bits per heavy atom. The minimum absolute atomic E-state index is 0.449. The van der Waals surface area contributed by atoms with Crippen LogP contribution in [-0.4, -0.2) is 4.21 Å². The van der Waals surface area contributed by atoms with Gasteiger partial charge in [-0.3, -0.25) is 0 Å². The summed E-state index contributed by atoms with van der Waals surface area (Å²) in [5.41, 5.74) is 2.82. The van der Waals surface area contributed by atoms with E-state index in [4.69, 9.17) is 4.74 Å². The van der Waals surface area contributed by atoms with Gasteiger partial charge in [-0.2, -0.15) is 0 Å². The monoisotopic (exact) mass is 387 g/mol. The molecule has 4 rings (SSSR count). The summed E-state index contributed by atoms with van der Waals surface area (Å²) in [7, 11) is -1.30. The lowest BCUT2D eigenvalue weighted by molar-refractivity contribution is 0.306. The quantitative estimate of drug-likeness (QED) is 0.450. The van der Waals surface area contributed by atoms with Crippen LogP contribution in [0.1, 0.15) is 11.1 Å². The first-order valence-electron chi connectivity index (χ1n) is 9.14. The summed E-state index contributed by atoms with van der Waals surface area (Å²) in [6.07, 6.45) is 0. The summed E-state index contributed by atoms with van der Waals surface area (Å²) >= 11 is 0. The zero-order valence-electron chi connectivity index (χ0n) is 15.6. The van der Waals surface area contributed by atoms with Crippen LogP contribution in [0.2, 0.25) is 0 Å². The van der Waals surface area contributed by atoms with E-state index in [1.807, 2.05) is 79.7 Å². The van der Waals surface area contributed by atoms with E-state index in [1.165, 1.54) is 5.39 Å². The number of aryl methyl sites for hydroxylation is 1. The van der Waals surface area contributed by atoms with Crippen molar-refractivity contribution < 1.29 is 8.95 Å². The average molecular weight is 388 g/mol. The number of ether oxygens (including phenoxy) is 1. The molecule has 0 aliphatic rings. The zero-order chi connectivity index (χ0) is 19.3. The molecule has 0 heterocycles. The molecule has 3 nitrogen and oxygen atoms in total. The van der Waals surface area contributed by atoms with Crippen LogP contribution in [0.4, 0.5) is 5.69 Å². The maximum absolute atomic E-state index is 12.6. The molecule has 0 aliphatic heterocycles. The van der Waals surface area contributed by atoms with Gasteiger partial charge < -0.3 is 9.46 Å². The van der Waals surface area contributed by atoms with Crippen LogP contribution in [-0.2, 0) is 17.6 Å². The molecule has 1 unspecified atom stereocenters. The predicted octanol–water partition coefficient (Wildman–Crippen LogP) is 5.86. The Kier molecular flexibility index (Phi) is 5.40. The lowest BCUT2D eigenvalue weighted by Gasteiger charge is -2.11. The van der Waals surface area contributed by atoms with Crippen molar-refractivity contribution in [3.8, 4) is 5.75 Å². The second-order valence-corrected chi connectivity index (χ2v) is 7.82. The van der Waals surface area contributed by atoms with E-state index in [1.54, 1.807) is 0 Å². The Balaban J connectivity index is 1.44. The topological polar surface area (TPSA) is 38.3 Å². The van der Waals surface area contributed by atoms with Gasteiger partial charge >= 0.3 is 0 Å². The second kappa shape index (κ2) is 8.28. The fourth-order valence-electron chi connectivity index (χ4n) is 3.07. The van der Waals surface area contributed by atoms with E-state index in [0.717, 1.165) is 32.8 Å². The lowest BCUT2D eigenvalue weighted by Crippen LogP contribution is -2.06. The van der Waals surface area contributed by atoms with Crippen LogP contribution in [0, 0.1) is 6.92 Å². The summed E-state index contributed by atoms with van der Waals surface area (Å²) in [6.45, 7) is 2.41. The summed E-state index contributed by atoms with van der Waals surface area (Å²) in [4.78, 5) is 0.792. The van der Waals surface area contributed by atoms with Crippen LogP contribution in [0.3, 0.4) is 0 Å². The highest BCUT2D eigenvalue weighted by Crippen LogP contribution is 2.22. The van der Waals surface area contributed by atoms with Crippen LogP contribution in [0.5, 0.6) is 5.75 Å². The Morgan fingerprint density at radius 2 is 1.61 bits per heavy atom. The van der Waals surface area contributed by atoms with E-state index < -0.39 is 11.0 Å². The van der Waals surface area contributed by atoms with Crippen LogP contribution in [0.25, 0.3) is 10.8 Å². The molecule has 0 bridgehead atoms. The Morgan fingerprint density at radius 1 is 0.821 bits per heavy atom. The Hall–Kier alpha value is -3.11. The maximum atomic E-state index is 12.6. The van der Waals surface area contributed by atoms with Gasteiger partial charge in [0, 0.05) is 5.69 Å². The van der Waals surface area contributed by atoms with Gasteiger partial charge in [0.25, 0.3) is 0 Å². The summed E-state index contributed by atoms with van der Waals surface area (Å²) < 4.78 is 21.7. The normalized spacial score (nSPS) is 11.9. The fourth-order valence-corrected chi connectivity index (χ4v) is 4.09. The molecule has 0 radical (unpaired) electrons. The minimum Gasteiger partial charge on any atom is -0.489 e. The van der Waals surface area contributed by atoms with E-state index in [-0.39, 0.29) is 0 Å². The molecule has 4 heteroatoms. The first-order valence-corrected chi connectivity index (χ1v) is 10.3. The van der Waals surface area contributed by atoms with Crippen molar-refractivity contribution in [3.05, 3.63) is 102 Å². The molecule has 0 fully saturated rings. The molecule has 140 valence electrons. The SMILES string of the molecule is Cc1ccccc1S(=O)Nc1cccc(COc2ccc3ccccc3c2)c1.